The van der Waals surface area contributed by atoms with E-state index in [9.17, 15) is 0 Å². The summed E-state index contributed by atoms with van der Waals surface area (Å²) in [7, 11) is 1.99. The zero-order valence-corrected chi connectivity index (χ0v) is 12.2. The molecule has 0 bridgehead atoms. The van der Waals surface area contributed by atoms with E-state index in [1.165, 1.54) is 0 Å². The monoisotopic (exact) mass is 274 g/mol. The van der Waals surface area contributed by atoms with E-state index in [0.717, 1.165) is 22.3 Å². The Balaban J connectivity index is 2.45. The van der Waals surface area contributed by atoms with E-state index in [4.69, 9.17) is 18.0 Å². The highest BCUT2D eigenvalue weighted by Gasteiger charge is 2.16. The van der Waals surface area contributed by atoms with Gasteiger partial charge in [-0.05, 0) is 13.8 Å². The quantitative estimate of drug-likeness (QED) is 0.868. The van der Waals surface area contributed by atoms with Gasteiger partial charge in [0.25, 0.3) is 0 Å². The summed E-state index contributed by atoms with van der Waals surface area (Å²) in [4.78, 5) is 2.59. The molecule has 19 heavy (non-hydrogen) atoms. The first-order valence-corrected chi connectivity index (χ1v) is 6.64. The number of thiocarbonyl (C=S) groups is 1. The summed E-state index contributed by atoms with van der Waals surface area (Å²) in [5.41, 5.74) is 6.55. The molecule has 0 saturated heterocycles. The van der Waals surface area contributed by atoms with Crippen molar-refractivity contribution in [3.8, 4) is 0 Å². The second-order valence-electron chi connectivity index (χ2n) is 4.78. The molecule has 1 aromatic carbocycles. The standard InChI is InChI=1S/C14H18N4S/c1-9(8-13(15)19)18(3)14-12-7-5-4-6-11(12)10(2)16-17-14/h4-7,9H,8H2,1-3H3,(H2,15,19). The van der Waals surface area contributed by atoms with Crippen LogP contribution in [0.5, 0.6) is 0 Å². The van der Waals surface area contributed by atoms with Gasteiger partial charge in [-0.1, -0.05) is 36.5 Å². The molecule has 1 heterocycles. The number of benzene rings is 1. The summed E-state index contributed by atoms with van der Waals surface area (Å²) in [5.74, 6) is 0.866. The van der Waals surface area contributed by atoms with Crippen molar-refractivity contribution in [1.29, 1.82) is 0 Å². The Morgan fingerprint density at radius 2 is 1.95 bits per heavy atom. The molecule has 0 aliphatic heterocycles. The molecule has 0 radical (unpaired) electrons. The molecule has 2 N–H and O–H groups in total. The summed E-state index contributed by atoms with van der Waals surface area (Å²) < 4.78 is 0. The van der Waals surface area contributed by atoms with Crippen LogP contribution < -0.4 is 10.6 Å². The number of aromatic nitrogens is 2. The predicted octanol–water partition coefficient (Wildman–Crippen LogP) is 2.44. The first-order chi connectivity index (χ1) is 9.00. The Bertz CT molecular complexity index is 611. The fourth-order valence-electron chi connectivity index (χ4n) is 2.12. The topological polar surface area (TPSA) is 55.0 Å². The Morgan fingerprint density at radius 3 is 2.58 bits per heavy atom. The molecule has 0 amide bonds. The third-order valence-electron chi connectivity index (χ3n) is 3.34. The number of hydrogen-bond acceptors (Lipinski definition) is 4. The van der Waals surface area contributed by atoms with Gasteiger partial charge in [0.2, 0.25) is 0 Å². The van der Waals surface area contributed by atoms with Crippen LogP contribution in [0.15, 0.2) is 24.3 Å². The summed E-state index contributed by atoms with van der Waals surface area (Å²) in [6.45, 7) is 4.05. The van der Waals surface area contributed by atoms with Gasteiger partial charge in [0, 0.05) is 30.3 Å². The first-order valence-electron chi connectivity index (χ1n) is 6.24. The Hall–Kier alpha value is -1.75. The minimum Gasteiger partial charge on any atom is -0.393 e. The van der Waals surface area contributed by atoms with E-state index in [2.05, 4.69) is 34.2 Å². The van der Waals surface area contributed by atoms with Gasteiger partial charge >= 0.3 is 0 Å². The van der Waals surface area contributed by atoms with E-state index in [0.29, 0.717) is 11.4 Å². The molecule has 1 unspecified atom stereocenters. The molecule has 0 aliphatic rings. The maximum atomic E-state index is 5.61. The second-order valence-corrected chi connectivity index (χ2v) is 5.31. The maximum Gasteiger partial charge on any atom is 0.159 e. The number of fused-ring (bicyclic) bond motifs is 1. The highest BCUT2D eigenvalue weighted by molar-refractivity contribution is 7.80. The lowest BCUT2D eigenvalue weighted by molar-refractivity contribution is 0.701. The molecule has 2 rings (SSSR count). The summed E-state index contributed by atoms with van der Waals surface area (Å²) >= 11 is 4.97. The van der Waals surface area contributed by atoms with Gasteiger partial charge in [-0.15, -0.1) is 5.10 Å². The SMILES string of the molecule is Cc1nnc(N(C)C(C)CC(N)=S)c2ccccc12. The van der Waals surface area contributed by atoms with Crippen molar-refractivity contribution in [3.05, 3.63) is 30.0 Å². The van der Waals surface area contributed by atoms with Crippen molar-refractivity contribution in [2.24, 2.45) is 5.73 Å². The molecule has 1 aromatic heterocycles. The fourth-order valence-corrected chi connectivity index (χ4v) is 2.36. The Labute approximate surface area is 118 Å². The average Bonchev–Trinajstić information content (AvgIpc) is 2.38. The molecule has 0 aliphatic carbocycles. The van der Waals surface area contributed by atoms with Crippen LogP contribution >= 0.6 is 12.2 Å². The van der Waals surface area contributed by atoms with Crippen LogP contribution in [0.2, 0.25) is 0 Å². The largest absolute Gasteiger partial charge is 0.393 e. The maximum absolute atomic E-state index is 5.61. The smallest absolute Gasteiger partial charge is 0.159 e. The summed E-state index contributed by atoms with van der Waals surface area (Å²) in [5, 5.41) is 10.8. The van der Waals surface area contributed by atoms with E-state index in [1.807, 2.05) is 26.1 Å². The Morgan fingerprint density at radius 1 is 1.32 bits per heavy atom. The highest BCUT2D eigenvalue weighted by atomic mass is 32.1. The zero-order chi connectivity index (χ0) is 14.0. The first kappa shape index (κ1) is 13.7. The van der Waals surface area contributed by atoms with Gasteiger partial charge in [-0.25, -0.2) is 0 Å². The molecular weight excluding hydrogens is 256 g/mol. The third-order valence-corrected chi connectivity index (χ3v) is 3.51. The molecule has 0 saturated carbocycles. The number of anilines is 1. The van der Waals surface area contributed by atoms with Gasteiger partial charge < -0.3 is 10.6 Å². The van der Waals surface area contributed by atoms with Crippen LogP contribution in [-0.2, 0) is 0 Å². The van der Waals surface area contributed by atoms with Crippen LogP contribution in [0.25, 0.3) is 10.8 Å². The van der Waals surface area contributed by atoms with E-state index < -0.39 is 0 Å². The van der Waals surface area contributed by atoms with E-state index in [1.54, 1.807) is 0 Å². The normalized spacial score (nSPS) is 12.4. The molecule has 0 spiro atoms. The van der Waals surface area contributed by atoms with Crippen molar-refractivity contribution in [3.63, 3.8) is 0 Å². The third kappa shape index (κ3) is 2.81. The number of nitrogens with two attached hydrogens (primary N) is 1. The minimum absolute atomic E-state index is 0.193. The second kappa shape index (κ2) is 5.48. The number of aryl methyl sites for hydroxylation is 1. The van der Waals surface area contributed by atoms with Gasteiger partial charge in [-0.2, -0.15) is 5.10 Å². The average molecular weight is 274 g/mol. The molecule has 1 atom stereocenters. The van der Waals surface area contributed by atoms with Gasteiger partial charge in [0.05, 0.1) is 10.7 Å². The van der Waals surface area contributed by atoms with Gasteiger partial charge in [0.15, 0.2) is 5.82 Å². The van der Waals surface area contributed by atoms with Crippen molar-refractivity contribution in [2.75, 3.05) is 11.9 Å². The Kier molecular flexibility index (Phi) is 3.95. The summed E-state index contributed by atoms with van der Waals surface area (Å²) in [6.07, 6.45) is 0.662. The number of rotatable bonds is 4. The van der Waals surface area contributed by atoms with E-state index >= 15 is 0 Å². The van der Waals surface area contributed by atoms with Crippen LogP contribution in [0.4, 0.5) is 5.82 Å². The van der Waals surface area contributed by atoms with Crippen LogP contribution in [0.3, 0.4) is 0 Å². The molecule has 2 aromatic rings. The van der Waals surface area contributed by atoms with E-state index in [-0.39, 0.29) is 6.04 Å². The van der Waals surface area contributed by atoms with Crippen molar-refractivity contribution < 1.29 is 0 Å². The fraction of sp³-hybridized carbons (Fsp3) is 0.357. The van der Waals surface area contributed by atoms with Gasteiger partial charge in [-0.3, -0.25) is 0 Å². The molecular formula is C14H18N4S. The highest BCUT2D eigenvalue weighted by Crippen LogP contribution is 2.26. The molecule has 0 fully saturated rings. The van der Waals surface area contributed by atoms with Crippen molar-refractivity contribution >= 4 is 33.8 Å². The lowest BCUT2D eigenvalue weighted by Crippen LogP contribution is -2.33. The minimum atomic E-state index is 0.193. The summed E-state index contributed by atoms with van der Waals surface area (Å²) in [6, 6.07) is 8.35. The van der Waals surface area contributed by atoms with Crippen molar-refractivity contribution in [1.82, 2.24) is 10.2 Å². The molecule has 100 valence electrons. The molecule has 4 nitrogen and oxygen atoms in total. The van der Waals surface area contributed by atoms with Gasteiger partial charge in [0.1, 0.15) is 0 Å². The lowest BCUT2D eigenvalue weighted by atomic mass is 10.1. The zero-order valence-electron chi connectivity index (χ0n) is 11.4. The number of hydrogen-bond donors (Lipinski definition) is 1. The van der Waals surface area contributed by atoms with Crippen LogP contribution in [0, 0.1) is 6.92 Å². The predicted molar refractivity (Wildman–Crippen MR) is 83.5 cm³/mol. The number of nitrogens with zero attached hydrogens (tertiary/aromatic N) is 3. The molecule has 5 heteroatoms. The van der Waals surface area contributed by atoms with Crippen molar-refractivity contribution in [2.45, 2.75) is 26.3 Å². The van der Waals surface area contributed by atoms with Crippen LogP contribution in [0.1, 0.15) is 19.0 Å². The lowest BCUT2D eigenvalue weighted by Gasteiger charge is -2.26. The van der Waals surface area contributed by atoms with Crippen LogP contribution in [-0.4, -0.2) is 28.3 Å².